The van der Waals surface area contributed by atoms with Crippen LogP contribution < -0.4 is 5.73 Å². The summed E-state index contributed by atoms with van der Waals surface area (Å²) in [4.78, 5) is 7.08. The molecule has 1 atom stereocenters. The normalized spacial score (nSPS) is 13.8. The number of benzene rings is 1. The third-order valence-electron chi connectivity index (χ3n) is 3.21. The third-order valence-corrected chi connectivity index (χ3v) is 3.21. The van der Waals surface area contributed by atoms with Crippen molar-refractivity contribution >= 4 is 11.0 Å². The molecule has 8 heteroatoms. The Balaban J connectivity index is 2.01. The Labute approximate surface area is 117 Å². The fourth-order valence-corrected chi connectivity index (χ4v) is 2.11. The van der Waals surface area contributed by atoms with Crippen molar-refractivity contribution in [2.45, 2.75) is 12.2 Å². The number of aryl methyl sites for hydroxylation is 1. The summed E-state index contributed by atoms with van der Waals surface area (Å²) in [6.07, 6.45) is -1.05. The molecule has 3 aromatic rings. The van der Waals surface area contributed by atoms with E-state index in [-0.39, 0.29) is 0 Å². The summed E-state index contributed by atoms with van der Waals surface area (Å²) in [7, 11) is 1.75. The average molecular weight is 295 g/mol. The van der Waals surface area contributed by atoms with Crippen LogP contribution in [0.15, 0.2) is 30.6 Å². The second kappa shape index (κ2) is 4.59. The van der Waals surface area contributed by atoms with Crippen LogP contribution in [0.4, 0.5) is 13.2 Å². The second-order valence-corrected chi connectivity index (χ2v) is 4.78. The summed E-state index contributed by atoms with van der Waals surface area (Å²) >= 11 is 0. The zero-order chi connectivity index (χ0) is 15.2. The maximum Gasteiger partial charge on any atom is 0.416 e. The molecule has 2 heterocycles. The number of nitrogens with zero attached hydrogens (tertiary/aromatic N) is 3. The third kappa shape index (κ3) is 2.49. The number of nitrogens with one attached hydrogen (secondary N) is 1. The van der Waals surface area contributed by atoms with Crippen LogP contribution in [0.25, 0.3) is 11.0 Å². The molecule has 2 aromatic heterocycles. The minimum Gasteiger partial charge on any atom is -0.340 e. The SMILES string of the molecule is Cn1cc(C(N)c2nc3ccc(C(F)(F)F)cc3[nH]2)cn1. The topological polar surface area (TPSA) is 72.5 Å². The van der Waals surface area contributed by atoms with E-state index in [0.29, 0.717) is 16.9 Å². The summed E-state index contributed by atoms with van der Waals surface area (Å²) in [6, 6.07) is 2.79. The molecular formula is C13H12F3N5. The van der Waals surface area contributed by atoms with E-state index in [2.05, 4.69) is 15.1 Å². The lowest BCUT2D eigenvalue weighted by molar-refractivity contribution is -0.137. The molecule has 21 heavy (non-hydrogen) atoms. The molecule has 0 spiro atoms. The summed E-state index contributed by atoms with van der Waals surface area (Å²) < 4.78 is 39.6. The molecule has 0 aliphatic heterocycles. The Morgan fingerprint density at radius 3 is 2.71 bits per heavy atom. The first-order valence-corrected chi connectivity index (χ1v) is 6.15. The predicted molar refractivity (Wildman–Crippen MR) is 70.3 cm³/mol. The summed E-state index contributed by atoms with van der Waals surface area (Å²) in [6.45, 7) is 0. The number of aromatic nitrogens is 4. The number of imidazole rings is 1. The zero-order valence-electron chi connectivity index (χ0n) is 11.0. The van der Waals surface area contributed by atoms with Crippen molar-refractivity contribution in [3.63, 3.8) is 0 Å². The van der Waals surface area contributed by atoms with Gasteiger partial charge >= 0.3 is 6.18 Å². The van der Waals surface area contributed by atoms with Crippen molar-refractivity contribution < 1.29 is 13.2 Å². The molecule has 1 unspecified atom stereocenters. The smallest absolute Gasteiger partial charge is 0.340 e. The van der Waals surface area contributed by atoms with Gasteiger partial charge in [0.05, 0.1) is 28.8 Å². The molecule has 0 aliphatic rings. The van der Waals surface area contributed by atoms with Gasteiger partial charge in [-0.15, -0.1) is 0 Å². The van der Waals surface area contributed by atoms with Gasteiger partial charge in [-0.1, -0.05) is 0 Å². The molecule has 0 amide bonds. The van der Waals surface area contributed by atoms with Gasteiger partial charge in [0.25, 0.3) is 0 Å². The minimum absolute atomic E-state index is 0.305. The van der Waals surface area contributed by atoms with E-state index in [1.165, 1.54) is 6.07 Å². The van der Waals surface area contributed by atoms with Gasteiger partial charge in [0.1, 0.15) is 5.82 Å². The fourth-order valence-electron chi connectivity index (χ4n) is 2.11. The summed E-state index contributed by atoms with van der Waals surface area (Å²) in [5, 5.41) is 4.01. The molecule has 3 N–H and O–H groups in total. The lowest BCUT2D eigenvalue weighted by atomic mass is 10.2. The van der Waals surface area contributed by atoms with Crippen molar-refractivity contribution in [1.82, 2.24) is 19.7 Å². The molecule has 110 valence electrons. The molecule has 5 nitrogen and oxygen atoms in total. The zero-order valence-corrected chi connectivity index (χ0v) is 11.0. The maximum absolute atomic E-state index is 12.7. The molecule has 0 radical (unpaired) electrons. The number of halogens is 3. The quantitative estimate of drug-likeness (QED) is 0.762. The highest BCUT2D eigenvalue weighted by Crippen LogP contribution is 2.31. The van der Waals surface area contributed by atoms with Crippen molar-refractivity contribution in [1.29, 1.82) is 0 Å². The monoisotopic (exact) mass is 295 g/mol. The van der Waals surface area contributed by atoms with Gasteiger partial charge < -0.3 is 10.7 Å². The first-order valence-electron chi connectivity index (χ1n) is 6.15. The van der Waals surface area contributed by atoms with Crippen molar-refractivity contribution in [3.8, 4) is 0 Å². The number of aromatic amines is 1. The van der Waals surface area contributed by atoms with E-state index >= 15 is 0 Å². The van der Waals surface area contributed by atoms with E-state index < -0.39 is 17.8 Å². The van der Waals surface area contributed by atoms with Gasteiger partial charge in [-0.05, 0) is 18.2 Å². The van der Waals surface area contributed by atoms with E-state index in [1.54, 1.807) is 24.1 Å². The van der Waals surface area contributed by atoms with Crippen LogP contribution in [0.1, 0.15) is 23.0 Å². The number of nitrogens with two attached hydrogens (primary N) is 1. The number of hydrogen-bond acceptors (Lipinski definition) is 3. The Morgan fingerprint density at radius 1 is 1.33 bits per heavy atom. The minimum atomic E-state index is -4.38. The Hall–Kier alpha value is -2.35. The van der Waals surface area contributed by atoms with Crippen LogP contribution in [0.3, 0.4) is 0 Å². The molecule has 3 rings (SSSR count). The van der Waals surface area contributed by atoms with Gasteiger partial charge in [0, 0.05) is 18.8 Å². The van der Waals surface area contributed by atoms with Crippen molar-refractivity contribution in [3.05, 3.63) is 47.5 Å². The molecule has 1 aromatic carbocycles. The van der Waals surface area contributed by atoms with Gasteiger partial charge in [-0.3, -0.25) is 4.68 Å². The highest BCUT2D eigenvalue weighted by Gasteiger charge is 2.30. The number of rotatable bonds is 2. The van der Waals surface area contributed by atoms with Gasteiger partial charge in [-0.25, -0.2) is 4.98 Å². The fraction of sp³-hybridized carbons (Fsp3) is 0.231. The van der Waals surface area contributed by atoms with Crippen LogP contribution in [0, 0.1) is 0 Å². The second-order valence-electron chi connectivity index (χ2n) is 4.78. The number of H-pyrrole nitrogens is 1. The summed E-state index contributed by atoms with van der Waals surface area (Å²) in [5.41, 5.74) is 6.80. The van der Waals surface area contributed by atoms with Crippen molar-refractivity contribution in [2.24, 2.45) is 12.8 Å². The van der Waals surface area contributed by atoms with Crippen LogP contribution in [0.5, 0.6) is 0 Å². The standard InChI is InChI=1S/C13H12F3N5/c1-21-6-7(5-18-21)11(17)12-19-9-3-2-8(13(14,15)16)4-10(9)20-12/h2-6,11H,17H2,1H3,(H,19,20). The van der Waals surface area contributed by atoms with Crippen LogP contribution in [-0.4, -0.2) is 19.7 Å². The Kier molecular flexibility index (Phi) is 2.98. The molecule has 0 aliphatic carbocycles. The van der Waals surface area contributed by atoms with Crippen LogP contribution in [-0.2, 0) is 13.2 Å². The summed E-state index contributed by atoms with van der Waals surface area (Å²) in [5.74, 6) is 0.400. The predicted octanol–water partition coefficient (Wildman–Crippen LogP) is 2.36. The van der Waals surface area contributed by atoms with E-state index in [0.717, 1.165) is 17.7 Å². The Bertz CT molecular complexity index is 787. The Morgan fingerprint density at radius 2 is 2.10 bits per heavy atom. The van der Waals surface area contributed by atoms with E-state index in [1.807, 2.05) is 0 Å². The number of hydrogen-bond donors (Lipinski definition) is 2. The molecule has 0 saturated heterocycles. The lowest BCUT2D eigenvalue weighted by Gasteiger charge is -2.05. The van der Waals surface area contributed by atoms with Gasteiger partial charge in [-0.2, -0.15) is 18.3 Å². The molecule has 0 fully saturated rings. The maximum atomic E-state index is 12.7. The highest BCUT2D eigenvalue weighted by atomic mass is 19.4. The van der Waals surface area contributed by atoms with Crippen molar-refractivity contribution in [2.75, 3.05) is 0 Å². The number of fused-ring (bicyclic) bond motifs is 1. The number of alkyl halides is 3. The molecule has 0 bridgehead atoms. The molecular weight excluding hydrogens is 283 g/mol. The van der Waals surface area contributed by atoms with E-state index in [9.17, 15) is 13.2 Å². The first-order chi connectivity index (χ1) is 9.84. The first kappa shape index (κ1) is 13.6. The largest absolute Gasteiger partial charge is 0.416 e. The highest BCUT2D eigenvalue weighted by molar-refractivity contribution is 5.76. The lowest BCUT2D eigenvalue weighted by Crippen LogP contribution is -2.12. The van der Waals surface area contributed by atoms with E-state index in [4.69, 9.17) is 5.73 Å². The van der Waals surface area contributed by atoms with Gasteiger partial charge in [0.2, 0.25) is 0 Å². The van der Waals surface area contributed by atoms with Gasteiger partial charge in [0.15, 0.2) is 0 Å². The van der Waals surface area contributed by atoms with Crippen LogP contribution >= 0.6 is 0 Å². The molecule has 0 saturated carbocycles. The average Bonchev–Trinajstić information content (AvgIpc) is 3.01. The van der Waals surface area contributed by atoms with Crippen LogP contribution in [0.2, 0.25) is 0 Å².